The first-order valence-corrected chi connectivity index (χ1v) is 11.4. The monoisotopic (exact) mass is 544 g/mol. The van der Waals surface area contributed by atoms with Gasteiger partial charge in [-0.1, -0.05) is 0 Å². The largest absolute Gasteiger partial charge is 0.370 e. The average Bonchev–Trinajstić information content (AvgIpc) is 3.30. The molecule has 10 nitrogen and oxygen atoms in total. The van der Waals surface area contributed by atoms with Gasteiger partial charge in [-0.25, -0.2) is 8.78 Å². The summed E-state index contributed by atoms with van der Waals surface area (Å²) in [7, 11) is 0. The number of Topliss-reactive ketones (excluding diaryl/α,β-unsaturated/α-hetero) is 1. The van der Waals surface area contributed by atoms with E-state index in [0.29, 0.717) is 19.3 Å². The van der Waals surface area contributed by atoms with Gasteiger partial charge < -0.3 is 26.6 Å². The van der Waals surface area contributed by atoms with Gasteiger partial charge in [-0.05, 0) is 59.8 Å². The first kappa shape index (κ1) is 27.2. The zero-order chi connectivity index (χ0) is 25.3. The molecule has 1 heterocycles. The van der Waals surface area contributed by atoms with E-state index in [4.69, 9.17) is 11.1 Å². The van der Waals surface area contributed by atoms with Gasteiger partial charge in [-0.15, -0.1) is 0 Å². The van der Waals surface area contributed by atoms with Crippen LogP contribution in [0.5, 0.6) is 0 Å². The normalized spacial score (nSPS) is 16.0. The second kappa shape index (κ2) is 13.0. The van der Waals surface area contributed by atoms with Crippen molar-refractivity contribution < 1.29 is 28.0 Å². The maximum absolute atomic E-state index is 13.6. The van der Waals surface area contributed by atoms with Gasteiger partial charge in [-0.2, -0.15) is 0 Å². The highest BCUT2D eigenvalue weighted by molar-refractivity contribution is 9.10. The van der Waals surface area contributed by atoms with Crippen LogP contribution in [0.15, 0.2) is 22.7 Å². The number of likely N-dealkylation sites (tertiary alicyclic amines) is 1. The van der Waals surface area contributed by atoms with E-state index in [0.717, 1.165) is 6.07 Å². The molecule has 0 spiro atoms. The summed E-state index contributed by atoms with van der Waals surface area (Å²) >= 11 is 3.00. The SMILES string of the molecule is N=C(N)NCCC[C@H](NC(=O)[C@@H]1CCCN1C(=O)CNC(=O)c1ccc(Br)c(F)c1)C(=O)CF. The molecule has 0 unspecified atom stereocenters. The maximum Gasteiger partial charge on any atom is 0.251 e. The van der Waals surface area contributed by atoms with E-state index in [9.17, 15) is 28.0 Å². The lowest BCUT2D eigenvalue weighted by Gasteiger charge is -2.26. The number of nitrogens with two attached hydrogens (primary N) is 1. The number of nitrogens with one attached hydrogen (secondary N) is 4. The molecule has 1 aromatic rings. The van der Waals surface area contributed by atoms with Gasteiger partial charge in [-0.3, -0.25) is 24.6 Å². The molecule has 0 aromatic heterocycles. The lowest BCUT2D eigenvalue weighted by atomic mass is 10.1. The molecule has 0 bridgehead atoms. The van der Waals surface area contributed by atoms with Crippen LogP contribution in [0.4, 0.5) is 8.78 Å². The predicted molar refractivity (Wildman–Crippen MR) is 123 cm³/mol. The lowest BCUT2D eigenvalue weighted by molar-refractivity contribution is -0.138. The van der Waals surface area contributed by atoms with Crippen molar-refractivity contribution in [3.63, 3.8) is 0 Å². The van der Waals surface area contributed by atoms with Crippen LogP contribution in [0.3, 0.4) is 0 Å². The molecular formula is C21H27BrF2N6O4. The fourth-order valence-corrected chi connectivity index (χ4v) is 3.79. The highest BCUT2D eigenvalue weighted by Gasteiger charge is 2.35. The molecule has 6 N–H and O–H groups in total. The minimum absolute atomic E-state index is 0.0380. The average molecular weight is 545 g/mol. The van der Waals surface area contributed by atoms with Crippen LogP contribution in [-0.4, -0.2) is 72.8 Å². The molecular weight excluding hydrogens is 518 g/mol. The summed E-state index contributed by atoms with van der Waals surface area (Å²) in [6.07, 6.45) is 1.38. The van der Waals surface area contributed by atoms with E-state index in [1.54, 1.807) is 0 Å². The van der Waals surface area contributed by atoms with Crippen LogP contribution in [0.1, 0.15) is 36.0 Å². The van der Waals surface area contributed by atoms with Crippen molar-refractivity contribution in [2.75, 3.05) is 26.3 Å². The van der Waals surface area contributed by atoms with Crippen molar-refractivity contribution in [3.05, 3.63) is 34.1 Å². The molecule has 2 rings (SSSR count). The van der Waals surface area contributed by atoms with Crippen LogP contribution < -0.4 is 21.7 Å². The molecule has 0 aliphatic carbocycles. The van der Waals surface area contributed by atoms with E-state index in [1.807, 2.05) is 0 Å². The maximum atomic E-state index is 13.6. The number of alkyl halides is 1. The Morgan fingerprint density at radius 1 is 1.26 bits per heavy atom. The number of halogens is 3. The Labute approximate surface area is 203 Å². The molecule has 3 amide bonds. The zero-order valence-electron chi connectivity index (χ0n) is 18.3. The number of benzene rings is 1. The topological polar surface area (TPSA) is 157 Å². The van der Waals surface area contributed by atoms with Crippen molar-refractivity contribution in [1.29, 1.82) is 5.41 Å². The smallest absolute Gasteiger partial charge is 0.251 e. The fourth-order valence-electron chi connectivity index (χ4n) is 3.54. The molecule has 1 aliphatic heterocycles. The van der Waals surface area contributed by atoms with Gasteiger partial charge in [0, 0.05) is 18.7 Å². The third-order valence-electron chi connectivity index (χ3n) is 5.28. The Hall–Kier alpha value is -3.09. The van der Waals surface area contributed by atoms with Crippen molar-refractivity contribution in [2.45, 2.75) is 37.8 Å². The summed E-state index contributed by atoms with van der Waals surface area (Å²) in [6, 6.07) is 1.87. The molecule has 34 heavy (non-hydrogen) atoms. The number of amides is 3. The summed E-state index contributed by atoms with van der Waals surface area (Å²) in [5.41, 5.74) is 5.22. The summed E-state index contributed by atoms with van der Waals surface area (Å²) < 4.78 is 26.8. The fraction of sp³-hybridized carbons (Fsp3) is 0.476. The molecule has 186 valence electrons. The lowest BCUT2D eigenvalue weighted by Crippen LogP contribution is -2.52. The van der Waals surface area contributed by atoms with Crippen molar-refractivity contribution >= 4 is 45.4 Å². The molecule has 1 aliphatic rings. The molecule has 13 heteroatoms. The minimum atomic E-state index is -1.25. The summed E-state index contributed by atoms with van der Waals surface area (Å²) in [5, 5.41) is 14.6. The Morgan fingerprint density at radius 2 is 2.00 bits per heavy atom. The Bertz CT molecular complexity index is 948. The number of nitrogens with zero attached hydrogens (tertiary/aromatic N) is 1. The number of hydrogen-bond donors (Lipinski definition) is 5. The van der Waals surface area contributed by atoms with Crippen LogP contribution in [0.2, 0.25) is 0 Å². The van der Waals surface area contributed by atoms with Gasteiger partial charge in [0.25, 0.3) is 5.91 Å². The van der Waals surface area contributed by atoms with Gasteiger partial charge in [0.1, 0.15) is 18.5 Å². The van der Waals surface area contributed by atoms with E-state index in [1.165, 1.54) is 17.0 Å². The Morgan fingerprint density at radius 3 is 2.65 bits per heavy atom. The summed E-state index contributed by atoms with van der Waals surface area (Å²) in [5.74, 6) is -3.39. The predicted octanol–water partition coefficient (Wildman–Crippen LogP) is 0.596. The van der Waals surface area contributed by atoms with Gasteiger partial charge in [0.15, 0.2) is 11.7 Å². The van der Waals surface area contributed by atoms with Crippen LogP contribution >= 0.6 is 15.9 Å². The van der Waals surface area contributed by atoms with Crippen molar-refractivity contribution in [3.8, 4) is 0 Å². The van der Waals surface area contributed by atoms with E-state index in [-0.39, 0.29) is 35.5 Å². The summed E-state index contributed by atoms with van der Waals surface area (Å²) in [6.45, 7) is -1.09. The van der Waals surface area contributed by atoms with Gasteiger partial charge in [0.2, 0.25) is 11.8 Å². The van der Waals surface area contributed by atoms with Crippen molar-refractivity contribution in [1.82, 2.24) is 20.9 Å². The van der Waals surface area contributed by atoms with E-state index >= 15 is 0 Å². The molecule has 1 aromatic carbocycles. The molecule has 0 saturated carbocycles. The number of hydrogen-bond acceptors (Lipinski definition) is 5. The summed E-state index contributed by atoms with van der Waals surface area (Å²) in [4.78, 5) is 50.9. The highest BCUT2D eigenvalue weighted by atomic mass is 79.9. The molecule has 2 atom stereocenters. The number of carbonyl (C=O) groups excluding carboxylic acids is 4. The second-order valence-electron chi connectivity index (χ2n) is 7.70. The third kappa shape index (κ3) is 7.75. The van der Waals surface area contributed by atoms with E-state index < -0.39 is 54.6 Å². The number of guanidine groups is 1. The van der Waals surface area contributed by atoms with Gasteiger partial charge in [0.05, 0.1) is 17.1 Å². The first-order chi connectivity index (χ1) is 16.1. The molecule has 0 radical (unpaired) electrons. The number of ketones is 1. The van der Waals surface area contributed by atoms with Crippen LogP contribution in [0.25, 0.3) is 0 Å². The third-order valence-corrected chi connectivity index (χ3v) is 5.92. The van der Waals surface area contributed by atoms with E-state index in [2.05, 4.69) is 31.9 Å². The van der Waals surface area contributed by atoms with Crippen LogP contribution in [0, 0.1) is 11.2 Å². The quantitative estimate of drug-likeness (QED) is 0.156. The second-order valence-corrected chi connectivity index (χ2v) is 8.55. The highest BCUT2D eigenvalue weighted by Crippen LogP contribution is 2.19. The number of rotatable bonds is 11. The molecule has 1 saturated heterocycles. The Kier molecular flexibility index (Phi) is 10.4. The standard InChI is InChI=1S/C21H27BrF2N6O4/c22-13-6-5-12(9-14(13)24)19(33)28-11-18(32)30-8-2-4-16(30)20(34)29-15(17(31)10-23)3-1-7-27-21(25)26/h5-6,9,15-16H,1-4,7-8,10-11H2,(H,28,33)(H,29,34)(H4,25,26,27)/t15-,16-/m0/s1. The van der Waals surface area contributed by atoms with Crippen LogP contribution in [-0.2, 0) is 14.4 Å². The van der Waals surface area contributed by atoms with Gasteiger partial charge >= 0.3 is 0 Å². The first-order valence-electron chi connectivity index (χ1n) is 10.6. The molecule has 1 fully saturated rings. The number of carbonyl (C=O) groups is 4. The Balaban J connectivity index is 1.93. The minimum Gasteiger partial charge on any atom is -0.370 e. The zero-order valence-corrected chi connectivity index (χ0v) is 19.9. The van der Waals surface area contributed by atoms with Crippen molar-refractivity contribution in [2.24, 2.45) is 5.73 Å².